The van der Waals surface area contributed by atoms with Crippen LogP contribution in [0.4, 0.5) is 36.6 Å². The van der Waals surface area contributed by atoms with E-state index in [0.29, 0.717) is 16.8 Å². The normalized spacial score (nSPS) is 18.7. The van der Waals surface area contributed by atoms with E-state index in [1.54, 1.807) is 5.32 Å². The highest BCUT2D eigenvalue weighted by Crippen LogP contribution is 2.29. The van der Waals surface area contributed by atoms with Crippen molar-refractivity contribution in [3.63, 3.8) is 0 Å². The van der Waals surface area contributed by atoms with Crippen LogP contribution in [0.25, 0.3) is 16.7 Å². The number of rotatable bonds is 5. The minimum atomic E-state index is -4.89. The van der Waals surface area contributed by atoms with Gasteiger partial charge in [-0.05, 0) is 12.5 Å². The van der Waals surface area contributed by atoms with E-state index < -0.39 is 93.6 Å². The SMILES string of the molecule is CC[C@@H](NC(=O)c1cn(-c2c(F)cc(F)cc2F)c2nc(N3C[C@@H](O)[C@H](O)C3)c(F)cc2c1=O)C(F)(F)F. The number of aromatic nitrogens is 2. The predicted octanol–water partition coefficient (Wildman–Crippen LogP) is 2.55. The number of aliphatic hydroxyl groups is 2. The third-order valence-electron chi connectivity index (χ3n) is 6.05. The van der Waals surface area contributed by atoms with Crippen LogP contribution in [0.3, 0.4) is 0 Å². The van der Waals surface area contributed by atoms with Gasteiger partial charge in [-0.15, -0.1) is 0 Å². The second-order valence-electron chi connectivity index (χ2n) is 8.64. The number of halogens is 7. The minimum Gasteiger partial charge on any atom is -0.389 e. The molecule has 0 spiro atoms. The first-order valence-electron chi connectivity index (χ1n) is 11.1. The average Bonchev–Trinajstić information content (AvgIpc) is 3.14. The van der Waals surface area contributed by atoms with Gasteiger partial charge >= 0.3 is 6.18 Å². The molecule has 1 saturated heterocycles. The van der Waals surface area contributed by atoms with E-state index in [2.05, 4.69) is 4.98 Å². The fraction of sp³-hybridized carbons (Fsp3) is 0.348. The van der Waals surface area contributed by atoms with E-state index in [4.69, 9.17) is 0 Å². The number of aliphatic hydroxyl groups excluding tert-OH is 2. The highest BCUT2D eigenvalue weighted by atomic mass is 19.4. The number of amides is 1. The zero-order valence-corrected chi connectivity index (χ0v) is 19.4. The first-order chi connectivity index (χ1) is 17.7. The standard InChI is InChI=1S/C23H19F7N4O4/c1-2-17(23(28,29)30)31-22(38)11-6-34(18-12(25)3-9(24)4-13(18)26)20-10(19(11)37)5-14(27)21(32-20)33-7-15(35)16(36)8-33/h3-6,15-17,35-36H,2,7-8H2,1H3,(H,31,38)/t15-,16-,17-/m1/s1. The maximum absolute atomic E-state index is 15.0. The van der Waals surface area contributed by atoms with Crippen LogP contribution in [0.5, 0.6) is 0 Å². The largest absolute Gasteiger partial charge is 0.408 e. The van der Waals surface area contributed by atoms with Crippen molar-refractivity contribution in [1.82, 2.24) is 14.9 Å². The molecule has 3 N–H and O–H groups in total. The Hall–Kier alpha value is -3.72. The van der Waals surface area contributed by atoms with Crippen molar-refractivity contribution in [2.75, 3.05) is 18.0 Å². The summed E-state index contributed by atoms with van der Waals surface area (Å²) in [5.41, 5.74) is -4.01. The molecule has 1 aromatic carbocycles. The second-order valence-corrected chi connectivity index (χ2v) is 8.64. The lowest BCUT2D eigenvalue weighted by molar-refractivity contribution is -0.153. The van der Waals surface area contributed by atoms with Gasteiger partial charge in [0.05, 0.1) is 17.6 Å². The maximum atomic E-state index is 15.0. The molecular weight excluding hydrogens is 529 g/mol. The van der Waals surface area contributed by atoms with Crippen LogP contribution >= 0.6 is 0 Å². The molecule has 0 saturated carbocycles. The number of nitrogens with one attached hydrogen (secondary N) is 1. The molecule has 0 aliphatic carbocycles. The van der Waals surface area contributed by atoms with E-state index in [0.717, 1.165) is 11.8 Å². The summed E-state index contributed by atoms with van der Waals surface area (Å²) in [6.45, 7) is 0.528. The van der Waals surface area contributed by atoms with Crippen molar-refractivity contribution in [3.05, 3.63) is 63.5 Å². The van der Waals surface area contributed by atoms with E-state index in [1.807, 2.05) is 0 Å². The summed E-state index contributed by atoms with van der Waals surface area (Å²) in [7, 11) is 0. The Balaban J connectivity index is 1.99. The second kappa shape index (κ2) is 9.87. The fourth-order valence-electron chi connectivity index (χ4n) is 4.13. The van der Waals surface area contributed by atoms with Gasteiger partial charge in [-0.3, -0.25) is 14.2 Å². The quantitative estimate of drug-likeness (QED) is 0.424. The first kappa shape index (κ1) is 27.3. The van der Waals surface area contributed by atoms with Crippen molar-refractivity contribution in [3.8, 4) is 5.69 Å². The Morgan fingerprint density at radius 3 is 2.18 bits per heavy atom. The summed E-state index contributed by atoms with van der Waals surface area (Å²) in [4.78, 5) is 30.8. The zero-order valence-electron chi connectivity index (χ0n) is 19.4. The molecule has 38 heavy (non-hydrogen) atoms. The molecule has 0 radical (unpaired) electrons. The third-order valence-corrected chi connectivity index (χ3v) is 6.05. The van der Waals surface area contributed by atoms with E-state index in [9.17, 15) is 46.1 Å². The van der Waals surface area contributed by atoms with E-state index in [1.165, 1.54) is 0 Å². The Morgan fingerprint density at radius 1 is 1.08 bits per heavy atom. The van der Waals surface area contributed by atoms with Crippen LogP contribution in [-0.2, 0) is 0 Å². The van der Waals surface area contributed by atoms with Gasteiger partial charge in [-0.25, -0.2) is 22.5 Å². The number of β-amino-alcohol motifs (C(OH)–C–C–N with tert-alkyl or cyclic N) is 2. The molecule has 3 aromatic rings. The number of anilines is 1. The molecule has 1 amide bonds. The molecule has 8 nitrogen and oxygen atoms in total. The number of alkyl halides is 3. The molecule has 4 rings (SSSR count). The number of hydrogen-bond acceptors (Lipinski definition) is 6. The van der Waals surface area contributed by atoms with Crippen LogP contribution in [0.15, 0.2) is 29.2 Å². The molecule has 3 heterocycles. The lowest BCUT2D eigenvalue weighted by Crippen LogP contribution is -2.46. The summed E-state index contributed by atoms with van der Waals surface area (Å²) in [6, 6.07) is -1.26. The molecule has 1 aliphatic heterocycles. The highest BCUT2D eigenvalue weighted by Gasteiger charge is 2.40. The summed E-state index contributed by atoms with van der Waals surface area (Å²) >= 11 is 0. The van der Waals surface area contributed by atoms with Crippen molar-refractivity contribution in [1.29, 1.82) is 0 Å². The van der Waals surface area contributed by atoms with Gasteiger partial charge in [0.25, 0.3) is 5.91 Å². The maximum Gasteiger partial charge on any atom is 0.408 e. The van der Waals surface area contributed by atoms with Crippen LogP contribution in [-0.4, -0.2) is 63.2 Å². The lowest BCUT2D eigenvalue weighted by Gasteiger charge is -2.21. The molecule has 0 unspecified atom stereocenters. The monoisotopic (exact) mass is 548 g/mol. The Bertz CT molecular complexity index is 1440. The minimum absolute atomic E-state index is 0.274. The van der Waals surface area contributed by atoms with Gasteiger partial charge in [-0.2, -0.15) is 13.2 Å². The Kier molecular flexibility index (Phi) is 7.09. The number of fused-ring (bicyclic) bond motifs is 1. The van der Waals surface area contributed by atoms with E-state index in [-0.39, 0.29) is 25.2 Å². The summed E-state index contributed by atoms with van der Waals surface area (Å²) in [6.07, 6.45) is -7.54. The van der Waals surface area contributed by atoms with Crippen LogP contribution < -0.4 is 15.6 Å². The van der Waals surface area contributed by atoms with Gasteiger partial charge in [0.15, 0.2) is 28.9 Å². The predicted molar refractivity (Wildman–Crippen MR) is 119 cm³/mol. The zero-order chi connectivity index (χ0) is 28.1. The van der Waals surface area contributed by atoms with Crippen LogP contribution in [0.1, 0.15) is 23.7 Å². The van der Waals surface area contributed by atoms with Gasteiger partial charge in [0, 0.05) is 31.4 Å². The number of nitrogens with zero attached hydrogens (tertiary/aromatic N) is 3. The van der Waals surface area contributed by atoms with Gasteiger partial charge in [0.1, 0.15) is 23.1 Å². The van der Waals surface area contributed by atoms with Crippen molar-refractivity contribution >= 4 is 22.8 Å². The van der Waals surface area contributed by atoms with Crippen molar-refractivity contribution in [2.24, 2.45) is 0 Å². The third kappa shape index (κ3) is 4.90. The average molecular weight is 548 g/mol. The molecule has 1 aliphatic rings. The van der Waals surface area contributed by atoms with Gasteiger partial charge in [0.2, 0.25) is 5.43 Å². The van der Waals surface area contributed by atoms with Crippen molar-refractivity contribution < 1.29 is 45.7 Å². The number of carbonyl (C=O) groups is 1. The summed E-state index contributed by atoms with van der Waals surface area (Å²) < 4.78 is 98.2. The highest BCUT2D eigenvalue weighted by molar-refractivity contribution is 5.97. The van der Waals surface area contributed by atoms with Crippen LogP contribution in [0, 0.1) is 23.3 Å². The molecule has 0 bridgehead atoms. The Labute approximate surface area is 208 Å². The summed E-state index contributed by atoms with van der Waals surface area (Å²) in [5, 5.41) is 20.5. The van der Waals surface area contributed by atoms with Gasteiger partial charge in [-0.1, -0.05) is 6.92 Å². The van der Waals surface area contributed by atoms with Crippen molar-refractivity contribution in [2.45, 2.75) is 37.8 Å². The first-order valence-corrected chi connectivity index (χ1v) is 11.1. The van der Waals surface area contributed by atoms with Gasteiger partial charge < -0.3 is 20.4 Å². The Morgan fingerprint density at radius 2 is 1.66 bits per heavy atom. The lowest BCUT2D eigenvalue weighted by atomic mass is 10.1. The molecule has 3 atom stereocenters. The molecule has 204 valence electrons. The number of carbonyl (C=O) groups excluding carboxylic acids is 1. The van der Waals surface area contributed by atoms with E-state index >= 15 is 4.39 Å². The molecule has 1 fully saturated rings. The summed E-state index contributed by atoms with van der Waals surface area (Å²) in [5.74, 6) is -7.66. The molecule has 15 heteroatoms. The number of benzene rings is 1. The molecule has 2 aromatic heterocycles. The fourth-order valence-corrected chi connectivity index (χ4v) is 4.13. The number of hydrogen-bond donors (Lipinski definition) is 3. The number of pyridine rings is 2. The van der Waals surface area contributed by atoms with Crippen LogP contribution in [0.2, 0.25) is 0 Å². The topological polar surface area (TPSA) is 108 Å². The smallest absolute Gasteiger partial charge is 0.389 e. The molecular formula is C23H19F7N4O4.